The summed E-state index contributed by atoms with van der Waals surface area (Å²) in [7, 11) is 2.04. The summed E-state index contributed by atoms with van der Waals surface area (Å²) < 4.78 is 2.03. The molecule has 1 aliphatic carbocycles. The second-order valence-electron chi connectivity index (χ2n) is 4.91. The standard InChI is InChI=1S/C12H17N2/c1-12(2,3)11-9-7-5-6-8-10(9)13-14(11)4/h5-9H,1-4H3/q+1. The molecule has 2 rings (SSSR count). The fraction of sp³-hybridized carbons (Fsp3) is 0.500. The zero-order chi connectivity index (χ0) is 10.3. The number of hydrazone groups is 1. The van der Waals surface area contributed by atoms with Gasteiger partial charge in [-0.05, 0) is 11.2 Å². The molecular formula is C12H17N2+. The minimum atomic E-state index is 0.181. The minimum absolute atomic E-state index is 0.181. The Morgan fingerprint density at radius 2 is 2.00 bits per heavy atom. The van der Waals surface area contributed by atoms with Gasteiger partial charge in [-0.15, -0.1) is 0 Å². The predicted molar refractivity (Wildman–Crippen MR) is 59.9 cm³/mol. The summed E-state index contributed by atoms with van der Waals surface area (Å²) in [5, 5.41) is 4.53. The maximum absolute atomic E-state index is 4.53. The Labute approximate surface area is 85.3 Å². The van der Waals surface area contributed by atoms with Crippen LogP contribution in [0.4, 0.5) is 0 Å². The molecule has 14 heavy (non-hydrogen) atoms. The van der Waals surface area contributed by atoms with Crippen molar-refractivity contribution in [1.29, 1.82) is 0 Å². The molecular weight excluding hydrogens is 172 g/mol. The van der Waals surface area contributed by atoms with E-state index in [9.17, 15) is 0 Å². The van der Waals surface area contributed by atoms with Gasteiger partial charge in [0, 0.05) is 5.41 Å². The molecule has 0 saturated heterocycles. The van der Waals surface area contributed by atoms with Gasteiger partial charge < -0.3 is 0 Å². The van der Waals surface area contributed by atoms with Crippen molar-refractivity contribution >= 4 is 11.4 Å². The second-order valence-corrected chi connectivity index (χ2v) is 4.91. The first-order valence-corrected chi connectivity index (χ1v) is 5.04. The first-order chi connectivity index (χ1) is 6.50. The van der Waals surface area contributed by atoms with E-state index in [4.69, 9.17) is 0 Å². The molecule has 1 aliphatic heterocycles. The number of rotatable bonds is 0. The molecule has 0 radical (unpaired) electrons. The summed E-state index contributed by atoms with van der Waals surface area (Å²) in [6, 6.07) is 0. The highest BCUT2D eigenvalue weighted by Gasteiger charge is 2.41. The van der Waals surface area contributed by atoms with E-state index < -0.39 is 0 Å². The van der Waals surface area contributed by atoms with E-state index in [2.05, 4.69) is 50.2 Å². The van der Waals surface area contributed by atoms with Crippen LogP contribution in [0.1, 0.15) is 20.8 Å². The van der Waals surface area contributed by atoms with Crippen molar-refractivity contribution in [3.05, 3.63) is 24.3 Å². The molecule has 2 aliphatic rings. The van der Waals surface area contributed by atoms with E-state index in [1.165, 1.54) is 11.4 Å². The summed E-state index contributed by atoms with van der Waals surface area (Å²) in [6.07, 6.45) is 8.48. The highest BCUT2D eigenvalue weighted by atomic mass is 15.4. The van der Waals surface area contributed by atoms with Crippen molar-refractivity contribution < 1.29 is 4.68 Å². The fourth-order valence-electron chi connectivity index (χ4n) is 2.24. The molecule has 0 aromatic rings. The van der Waals surface area contributed by atoms with Gasteiger partial charge in [0.05, 0.1) is 0 Å². The van der Waals surface area contributed by atoms with E-state index in [1.54, 1.807) is 0 Å². The Hall–Kier alpha value is -1.18. The van der Waals surface area contributed by atoms with Crippen LogP contribution in [-0.2, 0) is 0 Å². The van der Waals surface area contributed by atoms with Crippen molar-refractivity contribution in [2.45, 2.75) is 20.8 Å². The Morgan fingerprint density at radius 1 is 1.29 bits per heavy atom. The molecule has 1 atom stereocenters. The lowest BCUT2D eigenvalue weighted by Gasteiger charge is -2.19. The lowest BCUT2D eigenvalue weighted by Crippen LogP contribution is -2.33. The van der Waals surface area contributed by atoms with Crippen molar-refractivity contribution in [2.75, 3.05) is 7.05 Å². The van der Waals surface area contributed by atoms with E-state index >= 15 is 0 Å². The second kappa shape index (κ2) is 2.91. The quantitative estimate of drug-likeness (QED) is 0.519. The molecule has 0 fully saturated rings. The van der Waals surface area contributed by atoms with Crippen LogP contribution in [-0.4, -0.2) is 23.2 Å². The van der Waals surface area contributed by atoms with Crippen molar-refractivity contribution in [3.63, 3.8) is 0 Å². The zero-order valence-electron chi connectivity index (χ0n) is 9.28. The molecule has 74 valence electrons. The third kappa shape index (κ3) is 1.35. The SMILES string of the molecule is C[N+]1=C(C(C)(C)C)C2C=CC=CC2=N1. The van der Waals surface area contributed by atoms with Crippen molar-refractivity contribution in [1.82, 2.24) is 0 Å². The van der Waals surface area contributed by atoms with Crippen LogP contribution in [0.3, 0.4) is 0 Å². The summed E-state index contributed by atoms with van der Waals surface area (Å²) in [6.45, 7) is 6.72. The molecule has 1 heterocycles. The third-order valence-corrected chi connectivity index (χ3v) is 2.68. The molecule has 1 unspecified atom stereocenters. The Balaban J connectivity index is 2.43. The summed E-state index contributed by atoms with van der Waals surface area (Å²) in [5.41, 5.74) is 2.73. The zero-order valence-corrected chi connectivity index (χ0v) is 9.28. The lowest BCUT2D eigenvalue weighted by molar-refractivity contribution is -0.503. The van der Waals surface area contributed by atoms with Gasteiger partial charge in [-0.3, -0.25) is 0 Å². The van der Waals surface area contributed by atoms with Crippen LogP contribution in [0.25, 0.3) is 0 Å². The molecule has 0 N–H and O–H groups in total. The van der Waals surface area contributed by atoms with Crippen molar-refractivity contribution in [3.8, 4) is 0 Å². The highest BCUT2D eigenvalue weighted by Crippen LogP contribution is 2.28. The Morgan fingerprint density at radius 3 is 2.64 bits per heavy atom. The maximum atomic E-state index is 4.53. The summed E-state index contributed by atoms with van der Waals surface area (Å²) in [5.74, 6) is 0.394. The monoisotopic (exact) mass is 189 g/mol. The number of fused-ring (bicyclic) bond motifs is 1. The van der Waals surface area contributed by atoms with Gasteiger partial charge in [0.15, 0.2) is 7.05 Å². The topological polar surface area (TPSA) is 15.4 Å². The normalized spacial score (nSPS) is 25.4. The molecule has 0 amide bonds. The number of allylic oxidation sites excluding steroid dienone is 4. The van der Waals surface area contributed by atoms with Crippen molar-refractivity contribution in [2.24, 2.45) is 16.4 Å². The van der Waals surface area contributed by atoms with Crippen LogP contribution < -0.4 is 0 Å². The van der Waals surface area contributed by atoms with Crippen LogP contribution in [0.2, 0.25) is 0 Å². The van der Waals surface area contributed by atoms with Gasteiger partial charge in [-0.2, -0.15) is 0 Å². The molecule has 2 nitrogen and oxygen atoms in total. The molecule has 0 aromatic heterocycles. The van der Waals surface area contributed by atoms with Crippen LogP contribution in [0, 0.1) is 11.3 Å². The highest BCUT2D eigenvalue weighted by molar-refractivity contribution is 6.15. The molecule has 0 bridgehead atoms. The van der Waals surface area contributed by atoms with Gasteiger partial charge in [0.2, 0.25) is 5.71 Å². The Kier molecular flexibility index (Phi) is 1.95. The van der Waals surface area contributed by atoms with Gasteiger partial charge >= 0.3 is 0 Å². The van der Waals surface area contributed by atoms with E-state index in [-0.39, 0.29) is 5.41 Å². The van der Waals surface area contributed by atoms with Gasteiger partial charge in [0.1, 0.15) is 11.6 Å². The van der Waals surface area contributed by atoms with E-state index in [0.717, 1.165) is 0 Å². The van der Waals surface area contributed by atoms with Crippen LogP contribution >= 0.6 is 0 Å². The smallest absolute Gasteiger partial charge is 0.0933 e. The lowest BCUT2D eigenvalue weighted by atomic mass is 9.79. The average Bonchev–Trinajstić information content (AvgIpc) is 2.38. The van der Waals surface area contributed by atoms with Crippen LogP contribution in [0.15, 0.2) is 29.4 Å². The minimum Gasteiger partial charge on any atom is -0.0933 e. The fourth-order valence-corrected chi connectivity index (χ4v) is 2.24. The third-order valence-electron chi connectivity index (χ3n) is 2.68. The van der Waals surface area contributed by atoms with Gasteiger partial charge in [0.25, 0.3) is 0 Å². The van der Waals surface area contributed by atoms with Gasteiger partial charge in [-0.25, -0.2) is 0 Å². The maximum Gasteiger partial charge on any atom is 0.203 e. The van der Waals surface area contributed by atoms with Crippen LogP contribution in [0.5, 0.6) is 0 Å². The van der Waals surface area contributed by atoms with E-state index in [1.807, 2.05) is 11.7 Å². The molecule has 0 saturated carbocycles. The Bertz CT molecular complexity index is 376. The number of hydrogen-bond acceptors (Lipinski definition) is 1. The average molecular weight is 189 g/mol. The molecule has 0 spiro atoms. The number of nitrogens with zero attached hydrogens (tertiary/aromatic N) is 2. The summed E-state index contributed by atoms with van der Waals surface area (Å²) in [4.78, 5) is 0. The first kappa shape index (κ1) is 9.38. The molecule has 0 aromatic carbocycles. The molecule has 2 heteroatoms. The van der Waals surface area contributed by atoms with Gasteiger partial charge in [-0.1, -0.05) is 43.7 Å². The van der Waals surface area contributed by atoms with E-state index in [0.29, 0.717) is 5.92 Å². The summed E-state index contributed by atoms with van der Waals surface area (Å²) >= 11 is 0. The number of hydrogen-bond donors (Lipinski definition) is 0. The largest absolute Gasteiger partial charge is 0.203 e. The first-order valence-electron chi connectivity index (χ1n) is 5.04. The predicted octanol–water partition coefficient (Wildman–Crippen LogP) is 2.23.